The van der Waals surface area contributed by atoms with E-state index in [1.807, 2.05) is 0 Å². The number of ether oxygens (including phenoxy) is 2. The Labute approximate surface area is 131 Å². The quantitative estimate of drug-likeness (QED) is 0.754. The fraction of sp³-hybridized carbons (Fsp3) is 0.286. The zero-order valence-electron chi connectivity index (χ0n) is 12.6. The molecule has 9 heteroatoms. The summed E-state index contributed by atoms with van der Waals surface area (Å²) in [6.45, 7) is -0.149. The highest BCUT2D eigenvalue weighted by molar-refractivity contribution is 5.94. The maximum absolute atomic E-state index is 12.1. The summed E-state index contributed by atoms with van der Waals surface area (Å²) in [7, 11) is 3.00. The van der Waals surface area contributed by atoms with Gasteiger partial charge in [-0.1, -0.05) is 5.21 Å². The van der Waals surface area contributed by atoms with Crippen molar-refractivity contribution in [1.29, 1.82) is 0 Å². The Kier molecular flexibility index (Phi) is 5.13. The molecule has 0 bridgehead atoms. The minimum atomic E-state index is -1.02. The van der Waals surface area contributed by atoms with Crippen LogP contribution in [-0.2, 0) is 17.9 Å². The van der Waals surface area contributed by atoms with E-state index in [4.69, 9.17) is 14.6 Å². The molecule has 1 aromatic carbocycles. The Morgan fingerprint density at radius 2 is 2.00 bits per heavy atom. The topological polar surface area (TPSA) is 116 Å². The van der Waals surface area contributed by atoms with Gasteiger partial charge in [0.2, 0.25) is 0 Å². The number of carbonyl (C=O) groups is 2. The minimum absolute atomic E-state index is 0.132. The average Bonchev–Trinajstić information content (AvgIpc) is 2.98. The van der Waals surface area contributed by atoms with E-state index >= 15 is 0 Å². The van der Waals surface area contributed by atoms with E-state index in [1.165, 1.54) is 25.1 Å². The van der Waals surface area contributed by atoms with Crippen molar-refractivity contribution in [3.05, 3.63) is 35.7 Å². The predicted octanol–water partition coefficient (Wildman–Crippen LogP) is 0.310. The first kappa shape index (κ1) is 16.3. The second kappa shape index (κ2) is 7.25. The molecule has 0 aliphatic heterocycles. The maximum atomic E-state index is 12.1. The molecule has 9 nitrogen and oxygen atoms in total. The summed E-state index contributed by atoms with van der Waals surface area (Å²) in [5, 5.41) is 18.8. The molecule has 2 rings (SSSR count). The number of hydrogen-bond donors (Lipinski definition) is 2. The lowest BCUT2D eigenvalue weighted by Crippen LogP contribution is -2.23. The van der Waals surface area contributed by atoms with E-state index in [1.54, 1.807) is 18.2 Å². The van der Waals surface area contributed by atoms with E-state index in [0.717, 1.165) is 0 Å². The molecule has 0 aliphatic carbocycles. The highest BCUT2D eigenvalue weighted by Crippen LogP contribution is 2.27. The Balaban J connectivity index is 1.99. The van der Waals surface area contributed by atoms with Crippen LogP contribution in [0.25, 0.3) is 0 Å². The molecular weight excluding hydrogens is 304 g/mol. The monoisotopic (exact) mass is 320 g/mol. The molecule has 0 saturated carbocycles. The number of aromatic nitrogens is 3. The summed E-state index contributed by atoms with van der Waals surface area (Å²) in [6.07, 6.45) is 1.46. The van der Waals surface area contributed by atoms with Gasteiger partial charge in [-0.25, -0.2) is 4.68 Å². The normalized spacial score (nSPS) is 10.2. The van der Waals surface area contributed by atoms with Crippen molar-refractivity contribution >= 4 is 11.9 Å². The molecule has 2 aromatic rings. The number of methoxy groups -OCH3 is 2. The lowest BCUT2D eigenvalue weighted by molar-refractivity contribution is -0.137. The van der Waals surface area contributed by atoms with Crippen LogP contribution in [0.15, 0.2) is 24.4 Å². The summed E-state index contributed by atoms with van der Waals surface area (Å²) in [5.41, 5.74) is 0.862. The van der Waals surface area contributed by atoms with E-state index in [0.29, 0.717) is 22.8 Å². The largest absolute Gasteiger partial charge is 0.493 e. The Morgan fingerprint density at radius 3 is 2.65 bits per heavy atom. The van der Waals surface area contributed by atoms with Crippen molar-refractivity contribution in [2.75, 3.05) is 14.2 Å². The summed E-state index contributed by atoms with van der Waals surface area (Å²) in [5.74, 6) is -0.359. The molecule has 0 atom stereocenters. The van der Waals surface area contributed by atoms with Crippen LogP contribution in [-0.4, -0.2) is 46.2 Å². The molecule has 23 heavy (non-hydrogen) atoms. The number of aliphatic carboxylic acids is 1. The number of rotatable bonds is 7. The number of amides is 1. The third-order valence-corrected chi connectivity index (χ3v) is 2.96. The smallest absolute Gasteiger partial charge is 0.325 e. The lowest BCUT2D eigenvalue weighted by atomic mass is 10.2. The Hall–Kier alpha value is -3.10. The van der Waals surface area contributed by atoms with Crippen molar-refractivity contribution in [2.24, 2.45) is 0 Å². The highest BCUT2D eigenvalue weighted by atomic mass is 16.5. The average molecular weight is 320 g/mol. The van der Waals surface area contributed by atoms with Gasteiger partial charge >= 0.3 is 5.97 Å². The van der Waals surface area contributed by atoms with Crippen LogP contribution in [0.5, 0.6) is 11.5 Å². The molecular formula is C14H16N4O5. The number of benzene rings is 1. The SMILES string of the molecule is COc1ccc(C(=O)NCc2cn(CC(=O)O)nn2)cc1OC. The minimum Gasteiger partial charge on any atom is -0.493 e. The van der Waals surface area contributed by atoms with Crippen LogP contribution < -0.4 is 14.8 Å². The molecule has 0 radical (unpaired) electrons. The molecule has 0 aliphatic rings. The molecule has 2 N–H and O–H groups in total. The summed E-state index contributed by atoms with van der Waals surface area (Å²) in [6, 6.07) is 4.81. The lowest BCUT2D eigenvalue weighted by Gasteiger charge is -2.09. The van der Waals surface area contributed by atoms with E-state index in [9.17, 15) is 9.59 Å². The first-order chi connectivity index (χ1) is 11.0. The van der Waals surface area contributed by atoms with Crippen LogP contribution >= 0.6 is 0 Å². The third-order valence-electron chi connectivity index (χ3n) is 2.96. The van der Waals surface area contributed by atoms with Gasteiger partial charge in [-0.3, -0.25) is 9.59 Å². The van der Waals surface area contributed by atoms with Gasteiger partial charge in [0, 0.05) is 5.56 Å². The van der Waals surface area contributed by atoms with Gasteiger partial charge < -0.3 is 19.9 Å². The Bertz CT molecular complexity index is 713. The van der Waals surface area contributed by atoms with Crippen LogP contribution in [0.3, 0.4) is 0 Å². The molecule has 1 heterocycles. The molecule has 0 unspecified atom stereocenters. The summed E-state index contributed by atoms with van der Waals surface area (Å²) >= 11 is 0. The van der Waals surface area contributed by atoms with Gasteiger partial charge in [-0.05, 0) is 18.2 Å². The number of carbonyl (C=O) groups excluding carboxylic acids is 1. The fourth-order valence-corrected chi connectivity index (χ4v) is 1.89. The van der Waals surface area contributed by atoms with Crippen LogP contribution in [0, 0.1) is 0 Å². The van der Waals surface area contributed by atoms with E-state index in [2.05, 4.69) is 15.6 Å². The maximum Gasteiger partial charge on any atom is 0.325 e. The molecule has 0 fully saturated rings. The van der Waals surface area contributed by atoms with Gasteiger partial charge in [0.1, 0.15) is 12.2 Å². The zero-order chi connectivity index (χ0) is 16.8. The number of nitrogens with one attached hydrogen (secondary N) is 1. The van der Waals surface area contributed by atoms with Gasteiger partial charge in [-0.15, -0.1) is 5.10 Å². The van der Waals surface area contributed by atoms with Gasteiger partial charge in [0.25, 0.3) is 5.91 Å². The standard InChI is InChI=1S/C14H16N4O5/c1-22-11-4-3-9(5-12(11)23-2)14(21)15-6-10-7-18(17-16-10)8-13(19)20/h3-5,7H,6,8H2,1-2H3,(H,15,21)(H,19,20). The number of carboxylic acids is 1. The van der Waals surface area contributed by atoms with Crippen molar-refractivity contribution in [3.8, 4) is 11.5 Å². The summed E-state index contributed by atoms with van der Waals surface area (Å²) < 4.78 is 11.4. The van der Waals surface area contributed by atoms with Gasteiger partial charge in [-0.2, -0.15) is 0 Å². The first-order valence-corrected chi connectivity index (χ1v) is 6.64. The van der Waals surface area contributed by atoms with Crippen LogP contribution in [0.1, 0.15) is 16.1 Å². The van der Waals surface area contributed by atoms with Crippen molar-refractivity contribution in [2.45, 2.75) is 13.1 Å². The molecule has 1 amide bonds. The van der Waals surface area contributed by atoms with Crippen LogP contribution in [0.2, 0.25) is 0 Å². The summed E-state index contributed by atoms with van der Waals surface area (Å²) in [4.78, 5) is 22.7. The van der Waals surface area contributed by atoms with Crippen LogP contribution in [0.4, 0.5) is 0 Å². The van der Waals surface area contributed by atoms with Gasteiger partial charge in [0.05, 0.1) is 27.0 Å². The van der Waals surface area contributed by atoms with Crippen molar-refractivity contribution in [1.82, 2.24) is 20.3 Å². The van der Waals surface area contributed by atoms with Crippen molar-refractivity contribution in [3.63, 3.8) is 0 Å². The highest BCUT2D eigenvalue weighted by Gasteiger charge is 2.11. The zero-order valence-corrected chi connectivity index (χ0v) is 12.6. The number of nitrogens with zero attached hydrogens (tertiary/aromatic N) is 3. The van der Waals surface area contributed by atoms with Crippen molar-refractivity contribution < 1.29 is 24.2 Å². The predicted molar refractivity (Wildman–Crippen MR) is 78.4 cm³/mol. The number of carboxylic acid groups (broad SMARTS) is 1. The fourth-order valence-electron chi connectivity index (χ4n) is 1.89. The number of hydrogen-bond acceptors (Lipinski definition) is 6. The third kappa shape index (κ3) is 4.19. The van der Waals surface area contributed by atoms with E-state index in [-0.39, 0.29) is 19.0 Å². The second-order valence-electron chi connectivity index (χ2n) is 4.55. The second-order valence-corrected chi connectivity index (χ2v) is 4.55. The molecule has 122 valence electrons. The molecule has 0 saturated heterocycles. The molecule has 0 spiro atoms. The first-order valence-electron chi connectivity index (χ1n) is 6.64. The molecule has 1 aromatic heterocycles. The van der Waals surface area contributed by atoms with Gasteiger partial charge in [0.15, 0.2) is 11.5 Å². The Morgan fingerprint density at radius 1 is 1.26 bits per heavy atom. The van der Waals surface area contributed by atoms with E-state index < -0.39 is 5.97 Å².